The molecular formula is C19H26N4O5. The molecule has 3 unspecified atom stereocenters. The first-order valence-corrected chi connectivity index (χ1v) is 9.13. The quantitative estimate of drug-likeness (QED) is 0.509. The molecule has 1 aromatic rings. The first kappa shape index (κ1) is 20.2. The number of rotatable bonds is 7. The van der Waals surface area contributed by atoms with Crippen LogP contribution in [0.5, 0.6) is 0 Å². The number of carbonyl (C=O) groups excluding carboxylic acids is 3. The van der Waals surface area contributed by atoms with Gasteiger partial charge in [0.2, 0.25) is 11.8 Å². The van der Waals surface area contributed by atoms with Crippen LogP contribution < -0.4 is 10.2 Å². The number of nitrogens with one attached hydrogen (secondary N) is 1. The number of methoxy groups -OCH3 is 1. The fourth-order valence-electron chi connectivity index (χ4n) is 3.58. The van der Waals surface area contributed by atoms with E-state index >= 15 is 0 Å². The number of likely N-dealkylation sites (tertiary alicyclic amines) is 1. The summed E-state index contributed by atoms with van der Waals surface area (Å²) >= 11 is 0. The lowest BCUT2D eigenvalue weighted by atomic mass is 9.90. The van der Waals surface area contributed by atoms with Crippen LogP contribution in [0.1, 0.15) is 11.6 Å². The third-order valence-electron chi connectivity index (χ3n) is 5.09. The molecule has 3 rings (SSSR count). The summed E-state index contributed by atoms with van der Waals surface area (Å²) in [4.78, 5) is 46.2. The molecule has 2 fully saturated rings. The van der Waals surface area contributed by atoms with E-state index in [2.05, 4.69) is 5.32 Å². The van der Waals surface area contributed by atoms with Crippen molar-refractivity contribution in [1.29, 1.82) is 0 Å². The molecule has 9 nitrogen and oxygen atoms in total. The number of carbonyl (C=O) groups is 3. The van der Waals surface area contributed by atoms with Gasteiger partial charge in [-0.15, -0.1) is 0 Å². The van der Waals surface area contributed by atoms with Crippen molar-refractivity contribution >= 4 is 23.4 Å². The van der Waals surface area contributed by atoms with Gasteiger partial charge in [0.25, 0.3) is 5.91 Å². The fourth-order valence-corrected chi connectivity index (χ4v) is 3.58. The highest BCUT2D eigenvalue weighted by atomic mass is 16.7. The standard InChI is InChI=1S/C19H26N4O5/c1-21(2)13-7-5-12(6-8-13)16-15-17(19(26)22(3)18(15)25)28-23(16)11-14(24)20-9-10-27-4/h5-8,15-17H,9-11H2,1-4H3,(H,20,24). The first-order chi connectivity index (χ1) is 13.3. The highest BCUT2D eigenvalue weighted by Gasteiger charge is 2.58. The summed E-state index contributed by atoms with van der Waals surface area (Å²) in [6, 6.07) is 7.15. The molecule has 3 atom stereocenters. The van der Waals surface area contributed by atoms with Crippen LogP contribution in [0.3, 0.4) is 0 Å². The van der Waals surface area contributed by atoms with E-state index in [1.165, 1.54) is 12.1 Å². The molecule has 0 saturated carbocycles. The Morgan fingerprint density at radius 2 is 1.89 bits per heavy atom. The predicted octanol–water partition coefficient (Wildman–Crippen LogP) is -0.213. The zero-order valence-electron chi connectivity index (χ0n) is 16.5. The van der Waals surface area contributed by atoms with Gasteiger partial charge in [-0.1, -0.05) is 12.1 Å². The Morgan fingerprint density at radius 1 is 1.21 bits per heavy atom. The molecule has 2 heterocycles. The second-order valence-electron chi connectivity index (χ2n) is 7.14. The number of nitrogens with zero attached hydrogens (tertiary/aromatic N) is 3. The largest absolute Gasteiger partial charge is 0.383 e. The number of imide groups is 1. The fraction of sp³-hybridized carbons (Fsp3) is 0.526. The molecule has 0 bridgehead atoms. The maximum atomic E-state index is 12.7. The number of amides is 3. The molecule has 3 amide bonds. The Balaban J connectivity index is 1.85. The second kappa shape index (κ2) is 8.26. The highest BCUT2D eigenvalue weighted by molar-refractivity contribution is 6.07. The lowest BCUT2D eigenvalue weighted by Gasteiger charge is -2.26. The molecule has 1 aromatic carbocycles. The van der Waals surface area contributed by atoms with Crippen LogP contribution in [0, 0.1) is 5.92 Å². The molecule has 0 spiro atoms. The van der Waals surface area contributed by atoms with Crippen molar-refractivity contribution in [2.45, 2.75) is 12.1 Å². The minimum Gasteiger partial charge on any atom is -0.383 e. The van der Waals surface area contributed by atoms with E-state index in [1.807, 2.05) is 43.3 Å². The van der Waals surface area contributed by atoms with Gasteiger partial charge in [-0.25, -0.2) is 0 Å². The summed E-state index contributed by atoms with van der Waals surface area (Å²) in [6.45, 7) is 0.689. The minimum absolute atomic E-state index is 0.0823. The number of hydroxylamine groups is 2. The van der Waals surface area contributed by atoms with Crippen LogP contribution in [0.2, 0.25) is 0 Å². The maximum absolute atomic E-state index is 12.7. The Morgan fingerprint density at radius 3 is 2.50 bits per heavy atom. The van der Waals surface area contributed by atoms with Crippen molar-refractivity contribution in [2.24, 2.45) is 5.92 Å². The van der Waals surface area contributed by atoms with E-state index in [4.69, 9.17) is 9.57 Å². The summed E-state index contributed by atoms with van der Waals surface area (Å²) < 4.78 is 4.93. The number of hydrogen-bond acceptors (Lipinski definition) is 7. The van der Waals surface area contributed by atoms with Gasteiger partial charge >= 0.3 is 0 Å². The summed E-state index contributed by atoms with van der Waals surface area (Å²) in [6.07, 6.45) is -0.900. The van der Waals surface area contributed by atoms with Gasteiger partial charge in [0.15, 0.2) is 6.10 Å². The van der Waals surface area contributed by atoms with E-state index in [-0.39, 0.29) is 24.3 Å². The molecule has 9 heteroatoms. The Kier molecular flexibility index (Phi) is 5.97. The van der Waals surface area contributed by atoms with Crippen LogP contribution in [0.15, 0.2) is 24.3 Å². The number of fused-ring (bicyclic) bond motifs is 1. The number of likely N-dealkylation sites (N-methyl/N-ethyl adjacent to an activating group) is 1. The Bertz CT molecular complexity index is 751. The molecule has 1 N–H and O–H groups in total. The number of ether oxygens (including phenoxy) is 1. The van der Waals surface area contributed by atoms with Gasteiger partial charge in [0.1, 0.15) is 6.54 Å². The lowest BCUT2D eigenvalue weighted by molar-refractivity contribution is -0.181. The van der Waals surface area contributed by atoms with Crippen LogP contribution in [-0.2, 0) is 24.0 Å². The summed E-state index contributed by atoms with van der Waals surface area (Å²) in [5.41, 5.74) is 1.83. The van der Waals surface area contributed by atoms with Gasteiger partial charge in [-0.05, 0) is 17.7 Å². The second-order valence-corrected chi connectivity index (χ2v) is 7.14. The highest BCUT2D eigenvalue weighted by Crippen LogP contribution is 2.44. The number of anilines is 1. The van der Waals surface area contributed by atoms with E-state index < -0.39 is 18.1 Å². The first-order valence-electron chi connectivity index (χ1n) is 9.13. The summed E-state index contributed by atoms with van der Waals surface area (Å²) in [5, 5.41) is 4.18. The maximum Gasteiger partial charge on any atom is 0.261 e. The number of benzene rings is 1. The topological polar surface area (TPSA) is 91.4 Å². The molecular weight excluding hydrogens is 364 g/mol. The van der Waals surface area contributed by atoms with Crippen LogP contribution in [-0.4, -0.2) is 81.7 Å². The molecule has 0 aliphatic carbocycles. The molecule has 0 aromatic heterocycles. The van der Waals surface area contributed by atoms with Crippen molar-refractivity contribution in [3.63, 3.8) is 0 Å². The van der Waals surface area contributed by atoms with E-state index in [1.54, 1.807) is 7.11 Å². The average molecular weight is 390 g/mol. The smallest absolute Gasteiger partial charge is 0.261 e. The van der Waals surface area contributed by atoms with Gasteiger partial charge in [0, 0.05) is 40.5 Å². The summed E-state index contributed by atoms with van der Waals surface area (Å²) in [7, 11) is 6.89. The molecule has 2 saturated heterocycles. The van der Waals surface area contributed by atoms with Crippen LogP contribution >= 0.6 is 0 Å². The van der Waals surface area contributed by atoms with Crippen LogP contribution in [0.4, 0.5) is 5.69 Å². The molecule has 0 radical (unpaired) electrons. The zero-order chi connectivity index (χ0) is 20.4. The predicted molar refractivity (Wildman–Crippen MR) is 101 cm³/mol. The van der Waals surface area contributed by atoms with Gasteiger partial charge in [-0.2, -0.15) is 5.06 Å². The number of hydrogen-bond donors (Lipinski definition) is 1. The summed E-state index contributed by atoms with van der Waals surface area (Å²) in [5.74, 6) is -1.61. The van der Waals surface area contributed by atoms with Crippen molar-refractivity contribution in [2.75, 3.05) is 52.8 Å². The van der Waals surface area contributed by atoms with Crippen molar-refractivity contribution in [1.82, 2.24) is 15.3 Å². The third kappa shape index (κ3) is 3.73. The normalized spacial score (nSPS) is 24.6. The molecule has 2 aliphatic rings. The molecule has 28 heavy (non-hydrogen) atoms. The van der Waals surface area contributed by atoms with E-state index in [9.17, 15) is 14.4 Å². The molecule has 2 aliphatic heterocycles. The van der Waals surface area contributed by atoms with Gasteiger partial charge < -0.3 is 15.0 Å². The third-order valence-corrected chi connectivity index (χ3v) is 5.09. The van der Waals surface area contributed by atoms with E-state index in [0.717, 1.165) is 16.2 Å². The van der Waals surface area contributed by atoms with Crippen molar-refractivity contribution < 1.29 is 24.0 Å². The SMILES string of the molecule is COCCNC(=O)CN1OC2C(=O)N(C)C(=O)C2C1c1ccc(N(C)C)cc1. The van der Waals surface area contributed by atoms with Crippen LogP contribution in [0.25, 0.3) is 0 Å². The van der Waals surface area contributed by atoms with Gasteiger partial charge in [-0.3, -0.25) is 24.1 Å². The van der Waals surface area contributed by atoms with Gasteiger partial charge in [0.05, 0.1) is 18.6 Å². The average Bonchev–Trinajstić information content (AvgIpc) is 3.13. The zero-order valence-corrected chi connectivity index (χ0v) is 16.5. The van der Waals surface area contributed by atoms with Crippen molar-refractivity contribution in [3.05, 3.63) is 29.8 Å². The van der Waals surface area contributed by atoms with Crippen molar-refractivity contribution in [3.8, 4) is 0 Å². The lowest BCUT2D eigenvalue weighted by Crippen LogP contribution is -2.41. The van der Waals surface area contributed by atoms with E-state index in [0.29, 0.717) is 13.2 Å². The minimum atomic E-state index is -0.900. The monoisotopic (exact) mass is 390 g/mol. The Hall–Kier alpha value is -2.49. The molecule has 152 valence electrons. The Labute approximate surface area is 164 Å².